The molecule has 0 aliphatic heterocycles. The summed E-state index contributed by atoms with van der Waals surface area (Å²) in [6.07, 6.45) is 3.50. The first-order valence-electron chi connectivity index (χ1n) is 10.3. The van der Waals surface area contributed by atoms with Crippen LogP contribution in [0.15, 0.2) is 103 Å². The fraction of sp³-hybridized carbons (Fsp3) is 0.0370. The summed E-state index contributed by atoms with van der Waals surface area (Å²) in [5.74, 6) is 1.19. The topological polar surface area (TPSA) is 50.8 Å². The molecule has 4 nitrogen and oxygen atoms in total. The van der Waals surface area contributed by atoms with Gasteiger partial charge in [-0.05, 0) is 66.2 Å². The Morgan fingerprint density at radius 2 is 1.41 bits per heavy atom. The highest BCUT2D eigenvalue weighted by Gasteiger charge is 2.15. The second-order valence-electron chi connectivity index (χ2n) is 7.35. The van der Waals surface area contributed by atoms with Crippen molar-refractivity contribution in [3.63, 3.8) is 0 Å². The summed E-state index contributed by atoms with van der Waals surface area (Å²) in [6, 6.07) is 28.1. The van der Waals surface area contributed by atoms with E-state index in [-0.39, 0.29) is 5.82 Å². The molecule has 5 heteroatoms. The van der Waals surface area contributed by atoms with E-state index in [0.29, 0.717) is 12.4 Å². The number of aromatic nitrogens is 3. The van der Waals surface area contributed by atoms with Crippen molar-refractivity contribution in [1.82, 2.24) is 15.0 Å². The molecular weight excluding hydrogens is 401 g/mol. The first-order valence-corrected chi connectivity index (χ1v) is 10.3. The summed E-state index contributed by atoms with van der Waals surface area (Å²) in [5.41, 5.74) is 5.55. The first kappa shape index (κ1) is 19.7. The molecule has 0 saturated heterocycles. The molecule has 2 heterocycles. The maximum Gasteiger partial charge on any atom is 0.138 e. The molecule has 0 atom stereocenters. The van der Waals surface area contributed by atoms with Gasteiger partial charge in [0.25, 0.3) is 0 Å². The van der Waals surface area contributed by atoms with Gasteiger partial charge in [0.15, 0.2) is 0 Å². The standard InChI is InChI=1S/C27H20FN3O/c28-23-10-6-22(7-11-23)27-30-25(26(31-27)21-14-16-29-17-15-21)20-8-12-24(13-9-20)32-18-19-4-2-1-3-5-19/h1-17H,18H2,(H,30,31). The Kier molecular flexibility index (Phi) is 5.45. The van der Waals surface area contributed by atoms with Crippen LogP contribution >= 0.6 is 0 Å². The third-order valence-electron chi connectivity index (χ3n) is 5.17. The van der Waals surface area contributed by atoms with E-state index in [1.807, 2.05) is 66.7 Å². The number of hydrogen-bond acceptors (Lipinski definition) is 3. The van der Waals surface area contributed by atoms with Gasteiger partial charge in [0.05, 0.1) is 11.4 Å². The number of halogens is 1. The van der Waals surface area contributed by atoms with Crippen LogP contribution in [0.4, 0.5) is 4.39 Å². The normalized spacial score (nSPS) is 10.8. The molecule has 3 aromatic carbocycles. The summed E-state index contributed by atoms with van der Waals surface area (Å²) in [7, 11) is 0. The third-order valence-corrected chi connectivity index (χ3v) is 5.17. The molecule has 0 fully saturated rings. The molecule has 0 spiro atoms. The van der Waals surface area contributed by atoms with E-state index < -0.39 is 0 Å². The van der Waals surface area contributed by atoms with Gasteiger partial charge in [0.2, 0.25) is 0 Å². The van der Waals surface area contributed by atoms with Crippen molar-refractivity contribution in [3.8, 4) is 39.7 Å². The Labute approximate surface area is 185 Å². The average Bonchev–Trinajstić information content (AvgIpc) is 3.30. The van der Waals surface area contributed by atoms with E-state index in [0.717, 1.165) is 39.4 Å². The number of nitrogens with one attached hydrogen (secondary N) is 1. The van der Waals surface area contributed by atoms with Gasteiger partial charge in [0, 0.05) is 29.1 Å². The zero-order valence-electron chi connectivity index (χ0n) is 17.2. The number of nitrogens with zero attached hydrogens (tertiary/aromatic N) is 2. The highest BCUT2D eigenvalue weighted by molar-refractivity contribution is 5.81. The zero-order chi connectivity index (χ0) is 21.8. The Bertz CT molecular complexity index is 1300. The van der Waals surface area contributed by atoms with Crippen LogP contribution in [-0.2, 0) is 6.61 Å². The summed E-state index contributed by atoms with van der Waals surface area (Å²) < 4.78 is 19.3. The van der Waals surface area contributed by atoms with Crippen LogP contribution in [0, 0.1) is 5.82 Å². The maximum absolute atomic E-state index is 13.4. The summed E-state index contributed by atoms with van der Waals surface area (Å²) in [4.78, 5) is 12.4. The summed E-state index contributed by atoms with van der Waals surface area (Å²) >= 11 is 0. The molecule has 0 aliphatic rings. The van der Waals surface area contributed by atoms with Gasteiger partial charge in [-0.15, -0.1) is 0 Å². The predicted molar refractivity (Wildman–Crippen MR) is 123 cm³/mol. The lowest BCUT2D eigenvalue weighted by Crippen LogP contribution is -1.94. The zero-order valence-corrected chi connectivity index (χ0v) is 17.2. The minimum atomic E-state index is -0.277. The first-order chi connectivity index (χ1) is 15.8. The van der Waals surface area contributed by atoms with Crippen molar-refractivity contribution in [2.24, 2.45) is 0 Å². The lowest BCUT2D eigenvalue weighted by molar-refractivity contribution is 0.306. The molecule has 0 saturated carbocycles. The number of imidazole rings is 1. The second kappa shape index (κ2) is 8.86. The van der Waals surface area contributed by atoms with Gasteiger partial charge in [-0.25, -0.2) is 9.37 Å². The van der Waals surface area contributed by atoms with Crippen LogP contribution in [0.2, 0.25) is 0 Å². The van der Waals surface area contributed by atoms with E-state index >= 15 is 0 Å². The van der Waals surface area contributed by atoms with Crippen molar-refractivity contribution in [3.05, 3.63) is 115 Å². The molecule has 0 unspecified atom stereocenters. The number of aromatic amines is 1. The lowest BCUT2D eigenvalue weighted by Gasteiger charge is -2.08. The Hall–Kier alpha value is -4.25. The number of rotatable bonds is 6. The van der Waals surface area contributed by atoms with Gasteiger partial charge in [-0.3, -0.25) is 4.98 Å². The van der Waals surface area contributed by atoms with Crippen LogP contribution < -0.4 is 4.74 Å². The molecule has 1 N–H and O–H groups in total. The largest absolute Gasteiger partial charge is 0.489 e. The molecular formula is C27H20FN3O. The smallest absolute Gasteiger partial charge is 0.138 e. The van der Waals surface area contributed by atoms with Gasteiger partial charge in [-0.1, -0.05) is 30.3 Å². The monoisotopic (exact) mass is 421 g/mol. The van der Waals surface area contributed by atoms with Gasteiger partial charge in [-0.2, -0.15) is 0 Å². The van der Waals surface area contributed by atoms with Gasteiger partial charge in [0.1, 0.15) is 24.0 Å². The van der Waals surface area contributed by atoms with E-state index in [1.165, 1.54) is 12.1 Å². The highest BCUT2D eigenvalue weighted by Crippen LogP contribution is 2.33. The number of benzene rings is 3. The molecule has 0 amide bonds. The molecule has 2 aromatic heterocycles. The number of H-pyrrole nitrogens is 1. The Morgan fingerprint density at radius 3 is 2.12 bits per heavy atom. The fourth-order valence-corrected chi connectivity index (χ4v) is 3.50. The Morgan fingerprint density at radius 1 is 0.719 bits per heavy atom. The number of hydrogen-bond donors (Lipinski definition) is 1. The van der Waals surface area contributed by atoms with Crippen LogP contribution in [0.3, 0.4) is 0 Å². The average molecular weight is 421 g/mol. The SMILES string of the molecule is Fc1ccc(-c2nc(-c3ccc(OCc4ccccc4)cc3)c(-c3ccncc3)[nH]2)cc1. The highest BCUT2D eigenvalue weighted by atomic mass is 19.1. The van der Waals surface area contributed by atoms with Crippen LogP contribution in [0.1, 0.15) is 5.56 Å². The van der Waals surface area contributed by atoms with Crippen molar-refractivity contribution in [2.45, 2.75) is 6.61 Å². The van der Waals surface area contributed by atoms with Crippen LogP contribution in [0.5, 0.6) is 5.75 Å². The van der Waals surface area contributed by atoms with Gasteiger partial charge >= 0.3 is 0 Å². The molecule has 0 bridgehead atoms. The van der Waals surface area contributed by atoms with E-state index in [1.54, 1.807) is 24.5 Å². The van der Waals surface area contributed by atoms with Gasteiger partial charge < -0.3 is 9.72 Å². The van der Waals surface area contributed by atoms with E-state index in [2.05, 4.69) is 9.97 Å². The maximum atomic E-state index is 13.4. The van der Waals surface area contributed by atoms with Crippen LogP contribution in [-0.4, -0.2) is 15.0 Å². The quantitative estimate of drug-likeness (QED) is 0.339. The lowest BCUT2D eigenvalue weighted by atomic mass is 10.1. The molecule has 5 aromatic rings. The Balaban J connectivity index is 1.47. The molecule has 156 valence electrons. The minimum absolute atomic E-state index is 0.277. The predicted octanol–water partition coefficient (Wildman–Crippen LogP) is 6.52. The number of pyridine rings is 1. The second-order valence-corrected chi connectivity index (χ2v) is 7.35. The number of ether oxygens (including phenoxy) is 1. The van der Waals surface area contributed by atoms with Crippen molar-refractivity contribution >= 4 is 0 Å². The molecule has 5 rings (SSSR count). The molecule has 0 radical (unpaired) electrons. The van der Waals surface area contributed by atoms with E-state index in [4.69, 9.17) is 9.72 Å². The summed E-state index contributed by atoms with van der Waals surface area (Å²) in [6.45, 7) is 0.513. The minimum Gasteiger partial charge on any atom is -0.489 e. The van der Waals surface area contributed by atoms with Crippen molar-refractivity contribution in [1.29, 1.82) is 0 Å². The molecule has 32 heavy (non-hydrogen) atoms. The third kappa shape index (κ3) is 4.27. The van der Waals surface area contributed by atoms with Crippen LogP contribution in [0.25, 0.3) is 33.9 Å². The molecule has 0 aliphatic carbocycles. The fourth-order valence-electron chi connectivity index (χ4n) is 3.50. The summed E-state index contributed by atoms with van der Waals surface area (Å²) in [5, 5.41) is 0. The van der Waals surface area contributed by atoms with E-state index in [9.17, 15) is 4.39 Å². The van der Waals surface area contributed by atoms with Crippen molar-refractivity contribution < 1.29 is 9.13 Å². The van der Waals surface area contributed by atoms with Crippen molar-refractivity contribution in [2.75, 3.05) is 0 Å².